The Balaban J connectivity index is 2.12. The lowest BCUT2D eigenvalue weighted by Crippen LogP contribution is -2.55. The summed E-state index contributed by atoms with van der Waals surface area (Å²) in [5, 5.41) is 3.16. The number of carbonyl (C=O) groups is 3. The lowest BCUT2D eigenvalue weighted by atomic mass is 9.78. The molecule has 0 spiro atoms. The average Bonchev–Trinajstić information content (AvgIpc) is 3.05. The second-order valence-electron chi connectivity index (χ2n) is 6.23. The number of nitrogens with one attached hydrogen (secondary N) is 1. The topological polar surface area (TPSA) is 75.7 Å². The fraction of sp³-hybridized carbons (Fsp3) is 0.471. The van der Waals surface area contributed by atoms with E-state index in [2.05, 4.69) is 5.32 Å². The summed E-state index contributed by atoms with van der Waals surface area (Å²) in [4.78, 5) is 38.8. The Labute approximate surface area is 139 Å². The van der Waals surface area contributed by atoms with Crippen molar-refractivity contribution in [3.63, 3.8) is 0 Å². The van der Waals surface area contributed by atoms with Crippen molar-refractivity contribution in [2.75, 3.05) is 14.2 Å². The largest absolute Gasteiger partial charge is 0.468 e. The van der Waals surface area contributed by atoms with Crippen LogP contribution in [0.25, 0.3) is 0 Å². The second kappa shape index (κ2) is 5.66. The third-order valence-corrected chi connectivity index (χ3v) is 5.21. The SMILES string of the molecule is CC[C@]1(C(=O)OC)N[C@H](c2ccc(F)cc2)[C@@H]2C(=O)N(C)C(=O)[C@@H]21. The van der Waals surface area contributed by atoms with Gasteiger partial charge in [0.05, 0.1) is 18.9 Å². The predicted molar refractivity (Wildman–Crippen MR) is 82.1 cm³/mol. The Bertz CT molecular complexity index is 705. The molecule has 1 aromatic rings. The first kappa shape index (κ1) is 16.6. The molecule has 128 valence electrons. The van der Waals surface area contributed by atoms with Gasteiger partial charge in [-0.25, -0.2) is 4.39 Å². The Morgan fingerprint density at radius 3 is 2.46 bits per heavy atom. The summed E-state index contributed by atoms with van der Waals surface area (Å²) in [7, 11) is 2.68. The number of amides is 2. The molecule has 2 saturated heterocycles. The van der Waals surface area contributed by atoms with Gasteiger partial charge in [-0.1, -0.05) is 19.1 Å². The van der Waals surface area contributed by atoms with Gasteiger partial charge in [0.25, 0.3) is 0 Å². The number of benzene rings is 1. The van der Waals surface area contributed by atoms with Gasteiger partial charge in [-0.3, -0.25) is 24.6 Å². The number of hydrogen-bond donors (Lipinski definition) is 1. The minimum absolute atomic E-state index is 0.297. The van der Waals surface area contributed by atoms with Gasteiger partial charge < -0.3 is 4.74 Å². The van der Waals surface area contributed by atoms with E-state index < -0.39 is 41.1 Å². The van der Waals surface area contributed by atoms with E-state index in [0.717, 1.165) is 4.90 Å². The average molecular weight is 334 g/mol. The summed E-state index contributed by atoms with van der Waals surface area (Å²) in [6.07, 6.45) is 0.297. The standard InChI is InChI=1S/C17H19FN2O4/c1-4-17(16(23)24-3)12-11(14(21)20(2)15(12)22)13(19-17)9-5-7-10(18)8-6-9/h5-8,11-13,19H,4H2,1-3H3/t11-,12-,13-,17+/m1/s1. The van der Waals surface area contributed by atoms with Crippen LogP contribution in [0, 0.1) is 17.7 Å². The van der Waals surface area contributed by atoms with E-state index in [9.17, 15) is 18.8 Å². The van der Waals surface area contributed by atoms with Crippen molar-refractivity contribution in [1.29, 1.82) is 0 Å². The molecule has 2 aliphatic heterocycles. The molecule has 3 rings (SSSR count). The first-order valence-corrected chi connectivity index (χ1v) is 7.80. The van der Waals surface area contributed by atoms with Crippen molar-refractivity contribution < 1.29 is 23.5 Å². The minimum Gasteiger partial charge on any atom is -0.468 e. The number of hydrogen-bond acceptors (Lipinski definition) is 5. The number of esters is 1. The Kier molecular flexibility index (Phi) is 3.91. The maximum Gasteiger partial charge on any atom is 0.326 e. The van der Waals surface area contributed by atoms with Crippen LogP contribution in [0.2, 0.25) is 0 Å². The van der Waals surface area contributed by atoms with Gasteiger partial charge in [0.15, 0.2) is 0 Å². The van der Waals surface area contributed by atoms with Crippen LogP contribution in [0.15, 0.2) is 24.3 Å². The van der Waals surface area contributed by atoms with Gasteiger partial charge in [-0.15, -0.1) is 0 Å². The zero-order valence-corrected chi connectivity index (χ0v) is 13.7. The van der Waals surface area contributed by atoms with Crippen LogP contribution in [-0.2, 0) is 19.1 Å². The fourth-order valence-corrected chi connectivity index (χ4v) is 3.94. The third-order valence-electron chi connectivity index (χ3n) is 5.21. The maximum atomic E-state index is 13.2. The van der Waals surface area contributed by atoms with Gasteiger partial charge in [0, 0.05) is 13.1 Å². The van der Waals surface area contributed by atoms with Crippen molar-refractivity contribution in [3.05, 3.63) is 35.6 Å². The van der Waals surface area contributed by atoms with E-state index in [4.69, 9.17) is 4.74 Å². The highest BCUT2D eigenvalue weighted by Gasteiger charge is 2.67. The summed E-state index contributed by atoms with van der Waals surface area (Å²) >= 11 is 0. The predicted octanol–water partition coefficient (Wildman–Crippen LogP) is 1.02. The Morgan fingerprint density at radius 1 is 1.29 bits per heavy atom. The molecule has 6 nitrogen and oxygen atoms in total. The quantitative estimate of drug-likeness (QED) is 0.660. The van der Waals surface area contributed by atoms with Crippen molar-refractivity contribution in [2.45, 2.75) is 24.9 Å². The van der Waals surface area contributed by atoms with Crippen LogP contribution >= 0.6 is 0 Å². The lowest BCUT2D eigenvalue weighted by molar-refractivity contribution is -0.154. The summed E-state index contributed by atoms with van der Waals surface area (Å²) in [6.45, 7) is 1.77. The number of likely N-dealkylation sites (tertiary alicyclic amines) is 1. The number of carbonyl (C=O) groups excluding carboxylic acids is 3. The van der Waals surface area contributed by atoms with E-state index >= 15 is 0 Å². The van der Waals surface area contributed by atoms with Crippen LogP contribution in [0.3, 0.4) is 0 Å². The number of ether oxygens (including phenoxy) is 1. The number of methoxy groups -OCH3 is 1. The fourth-order valence-electron chi connectivity index (χ4n) is 3.94. The first-order chi connectivity index (χ1) is 11.4. The highest BCUT2D eigenvalue weighted by Crippen LogP contribution is 2.49. The van der Waals surface area contributed by atoms with Crippen molar-refractivity contribution in [2.24, 2.45) is 11.8 Å². The van der Waals surface area contributed by atoms with Crippen molar-refractivity contribution in [3.8, 4) is 0 Å². The third kappa shape index (κ3) is 2.07. The van der Waals surface area contributed by atoms with Gasteiger partial charge in [-0.05, 0) is 24.1 Å². The molecule has 1 N–H and O–H groups in total. The van der Waals surface area contributed by atoms with Gasteiger partial charge >= 0.3 is 5.97 Å². The molecule has 24 heavy (non-hydrogen) atoms. The first-order valence-electron chi connectivity index (χ1n) is 7.80. The molecule has 2 heterocycles. The maximum absolute atomic E-state index is 13.2. The molecular formula is C17H19FN2O4. The Hall–Kier alpha value is -2.28. The molecule has 7 heteroatoms. The van der Waals surface area contributed by atoms with Gasteiger partial charge in [-0.2, -0.15) is 0 Å². The molecular weight excluding hydrogens is 315 g/mol. The number of imide groups is 1. The molecule has 2 amide bonds. The van der Waals surface area contributed by atoms with E-state index in [1.807, 2.05) is 0 Å². The summed E-state index contributed by atoms with van der Waals surface area (Å²) in [5.41, 5.74) is -0.613. The zero-order chi connectivity index (χ0) is 17.6. The highest BCUT2D eigenvalue weighted by atomic mass is 19.1. The number of nitrogens with zero attached hydrogens (tertiary/aromatic N) is 1. The summed E-state index contributed by atoms with van der Waals surface area (Å²) < 4.78 is 18.1. The molecule has 0 unspecified atom stereocenters. The van der Waals surface area contributed by atoms with Gasteiger partial charge in [0.1, 0.15) is 11.4 Å². The highest BCUT2D eigenvalue weighted by molar-refractivity contribution is 6.09. The Morgan fingerprint density at radius 2 is 1.92 bits per heavy atom. The summed E-state index contributed by atoms with van der Waals surface area (Å²) in [6, 6.07) is 5.14. The smallest absolute Gasteiger partial charge is 0.326 e. The van der Waals surface area contributed by atoms with E-state index in [-0.39, 0.29) is 5.91 Å². The molecule has 4 atom stereocenters. The normalized spacial score (nSPS) is 32.2. The lowest BCUT2D eigenvalue weighted by Gasteiger charge is -2.30. The van der Waals surface area contributed by atoms with E-state index in [1.54, 1.807) is 19.1 Å². The van der Waals surface area contributed by atoms with Crippen molar-refractivity contribution >= 4 is 17.8 Å². The van der Waals surface area contributed by atoms with Crippen LogP contribution in [0.5, 0.6) is 0 Å². The van der Waals surface area contributed by atoms with E-state index in [0.29, 0.717) is 12.0 Å². The van der Waals surface area contributed by atoms with Crippen LogP contribution < -0.4 is 5.32 Å². The molecule has 0 radical (unpaired) electrons. The molecule has 0 aliphatic carbocycles. The zero-order valence-electron chi connectivity index (χ0n) is 13.7. The number of rotatable bonds is 3. The number of halogens is 1. The van der Waals surface area contributed by atoms with E-state index in [1.165, 1.54) is 26.3 Å². The van der Waals surface area contributed by atoms with Crippen LogP contribution in [0.4, 0.5) is 4.39 Å². The van der Waals surface area contributed by atoms with Crippen LogP contribution in [0.1, 0.15) is 24.9 Å². The van der Waals surface area contributed by atoms with Gasteiger partial charge in [0.2, 0.25) is 11.8 Å². The summed E-state index contributed by atoms with van der Waals surface area (Å²) in [5.74, 6) is -3.25. The molecule has 0 bridgehead atoms. The molecule has 2 fully saturated rings. The molecule has 0 aromatic heterocycles. The number of fused-ring (bicyclic) bond motifs is 1. The monoisotopic (exact) mass is 334 g/mol. The van der Waals surface area contributed by atoms with Crippen LogP contribution in [-0.4, -0.2) is 42.4 Å². The molecule has 0 saturated carbocycles. The molecule has 1 aromatic carbocycles. The second-order valence-corrected chi connectivity index (χ2v) is 6.23. The molecule has 2 aliphatic rings. The minimum atomic E-state index is -1.27. The van der Waals surface area contributed by atoms with Crippen molar-refractivity contribution in [1.82, 2.24) is 10.2 Å².